The molecule has 1 saturated heterocycles. The summed E-state index contributed by atoms with van der Waals surface area (Å²) in [5.74, 6) is 0.239. The zero-order valence-electron chi connectivity index (χ0n) is 17.8. The Hall–Kier alpha value is -4.32. The lowest BCUT2D eigenvalue weighted by molar-refractivity contribution is 0.0784. The number of likely N-dealkylation sites (tertiary alicyclic amines) is 1. The van der Waals surface area contributed by atoms with E-state index in [0.717, 1.165) is 0 Å². The van der Waals surface area contributed by atoms with E-state index >= 15 is 0 Å². The first kappa shape index (κ1) is 21.9. The van der Waals surface area contributed by atoms with Crippen molar-refractivity contribution in [3.63, 3.8) is 0 Å². The van der Waals surface area contributed by atoms with E-state index in [1.54, 1.807) is 47.4 Å². The van der Waals surface area contributed by atoms with Gasteiger partial charge in [0.1, 0.15) is 23.1 Å². The minimum atomic E-state index is -0.307. The van der Waals surface area contributed by atoms with E-state index < -0.39 is 0 Å². The molecule has 0 spiro atoms. The topological polar surface area (TPSA) is 118 Å². The Morgan fingerprint density at radius 3 is 2.88 bits per heavy atom. The maximum atomic E-state index is 13.9. The van der Waals surface area contributed by atoms with Crippen LogP contribution in [0.15, 0.2) is 54.7 Å². The number of aromatic nitrogens is 2. The summed E-state index contributed by atoms with van der Waals surface area (Å²) in [6, 6.07) is 15.5. The Kier molecular flexibility index (Phi) is 6.55. The van der Waals surface area contributed by atoms with Crippen LogP contribution in [-0.4, -0.2) is 40.1 Å². The van der Waals surface area contributed by atoms with E-state index in [9.17, 15) is 9.18 Å². The molecule has 0 aliphatic carbocycles. The van der Waals surface area contributed by atoms with Crippen LogP contribution in [0, 0.1) is 28.5 Å². The van der Waals surface area contributed by atoms with Crippen LogP contribution in [0.4, 0.5) is 21.7 Å². The summed E-state index contributed by atoms with van der Waals surface area (Å²) in [5, 5.41) is 22.9. The average molecular weight is 443 g/mol. The highest BCUT2D eigenvalue weighted by Crippen LogP contribution is 2.22. The predicted octanol–water partition coefficient (Wildman–Crippen LogP) is 3.95. The van der Waals surface area contributed by atoms with E-state index in [2.05, 4.69) is 26.7 Å². The highest BCUT2D eigenvalue weighted by molar-refractivity contribution is 5.93. The highest BCUT2D eigenvalue weighted by atomic mass is 19.1. The highest BCUT2D eigenvalue weighted by Gasteiger charge is 2.27. The predicted molar refractivity (Wildman–Crippen MR) is 123 cm³/mol. The monoisotopic (exact) mass is 443 g/mol. The van der Waals surface area contributed by atoms with E-state index in [1.165, 1.54) is 18.5 Å². The van der Waals surface area contributed by atoms with Crippen molar-refractivity contribution in [3.8, 4) is 6.07 Å². The molecule has 1 fully saturated rings. The fourth-order valence-corrected chi connectivity index (χ4v) is 3.60. The molecule has 1 aromatic carbocycles. The fourth-order valence-electron chi connectivity index (χ4n) is 3.60. The molecule has 166 valence electrons. The van der Waals surface area contributed by atoms with Crippen molar-refractivity contribution in [1.82, 2.24) is 14.9 Å². The van der Waals surface area contributed by atoms with Gasteiger partial charge in [-0.3, -0.25) is 4.79 Å². The molecule has 2 aromatic heterocycles. The van der Waals surface area contributed by atoms with Crippen LogP contribution in [0.3, 0.4) is 0 Å². The third kappa shape index (κ3) is 5.13. The molecule has 3 N–H and O–H groups in total. The van der Waals surface area contributed by atoms with Crippen LogP contribution >= 0.6 is 0 Å². The number of carbonyl (C=O) groups excluding carboxylic acids is 1. The number of anilines is 3. The molecule has 1 atom stereocenters. The maximum Gasteiger partial charge on any atom is 0.272 e. The van der Waals surface area contributed by atoms with Crippen molar-refractivity contribution < 1.29 is 9.18 Å². The lowest BCUT2D eigenvalue weighted by Crippen LogP contribution is -2.29. The fraction of sp³-hybridized carbons (Fsp3) is 0.208. The molecule has 1 aliphatic rings. The summed E-state index contributed by atoms with van der Waals surface area (Å²) < 4.78 is 13.9. The lowest BCUT2D eigenvalue weighted by atomic mass is 10.1. The van der Waals surface area contributed by atoms with Gasteiger partial charge in [0.05, 0.1) is 12.0 Å². The molecular weight excluding hydrogens is 421 g/mol. The second kappa shape index (κ2) is 9.87. The minimum absolute atomic E-state index is 0.137. The van der Waals surface area contributed by atoms with E-state index in [-0.39, 0.29) is 29.9 Å². The zero-order chi connectivity index (χ0) is 23.2. The molecule has 4 rings (SSSR count). The van der Waals surface area contributed by atoms with Crippen LogP contribution in [0.1, 0.15) is 28.0 Å². The van der Waals surface area contributed by atoms with Gasteiger partial charge in [-0.05, 0) is 24.6 Å². The van der Waals surface area contributed by atoms with Crippen LogP contribution in [0.25, 0.3) is 0 Å². The molecule has 0 saturated carbocycles. The number of benzene rings is 1. The Balaban J connectivity index is 1.49. The number of hydrogen-bond acceptors (Lipinski definition) is 7. The van der Waals surface area contributed by atoms with Crippen LogP contribution in [-0.2, 0) is 6.54 Å². The van der Waals surface area contributed by atoms with Crippen LogP contribution in [0.2, 0.25) is 0 Å². The summed E-state index contributed by atoms with van der Waals surface area (Å²) in [5.41, 5.74) is 1.95. The number of amides is 1. The summed E-state index contributed by atoms with van der Waals surface area (Å²) >= 11 is 0. The van der Waals surface area contributed by atoms with Crippen molar-refractivity contribution in [2.45, 2.75) is 13.0 Å². The van der Waals surface area contributed by atoms with Crippen LogP contribution < -0.4 is 10.6 Å². The van der Waals surface area contributed by atoms with Gasteiger partial charge in [0.15, 0.2) is 0 Å². The first-order valence-corrected chi connectivity index (χ1v) is 10.5. The first-order chi connectivity index (χ1) is 16.1. The lowest BCUT2D eigenvalue weighted by Gasteiger charge is -2.16. The molecule has 8 nitrogen and oxygen atoms in total. The normalized spacial score (nSPS) is 15.0. The smallest absolute Gasteiger partial charge is 0.272 e. The number of rotatable bonds is 7. The Morgan fingerprint density at radius 2 is 2.12 bits per heavy atom. The number of nitrogens with one attached hydrogen (secondary N) is 3. The molecule has 3 heterocycles. The van der Waals surface area contributed by atoms with E-state index in [4.69, 9.17) is 10.7 Å². The summed E-state index contributed by atoms with van der Waals surface area (Å²) in [4.78, 5) is 23.1. The third-order valence-corrected chi connectivity index (χ3v) is 5.40. The largest absolute Gasteiger partial charge is 0.380 e. The van der Waals surface area contributed by atoms with Crippen molar-refractivity contribution in [2.75, 3.05) is 23.7 Å². The molecule has 1 amide bonds. The van der Waals surface area contributed by atoms with Crippen LogP contribution in [0.5, 0.6) is 0 Å². The Bertz CT molecular complexity index is 1220. The first-order valence-electron chi connectivity index (χ1n) is 10.5. The Morgan fingerprint density at radius 1 is 1.27 bits per heavy atom. The number of hydrogen-bond donors (Lipinski definition) is 3. The molecule has 33 heavy (non-hydrogen) atoms. The number of carbonyl (C=O) groups is 1. The van der Waals surface area contributed by atoms with Crippen molar-refractivity contribution in [2.24, 2.45) is 5.92 Å². The van der Waals surface area contributed by atoms with Gasteiger partial charge in [-0.15, -0.1) is 0 Å². The summed E-state index contributed by atoms with van der Waals surface area (Å²) in [6.45, 7) is 1.21. The molecule has 0 radical (unpaired) electrons. The second-order valence-corrected chi connectivity index (χ2v) is 7.65. The van der Waals surface area contributed by atoms with Gasteiger partial charge in [0.2, 0.25) is 0 Å². The third-order valence-electron chi connectivity index (χ3n) is 5.40. The second-order valence-electron chi connectivity index (χ2n) is 7.65. The van der Waals surface area contributed by atoms with Gasteiger partial charge in [-0.25, -0.2) is 14.4 Å². The molecule has 1 aliphatic heterocycles. The molecule has 0 bridgehead atoms. The summed E-state index contributed by atoms with van der Waals surface area (Å²) in [7, 11) is 0. The van der Waals surface area contributed by atoms with Crippen molar-refractivity contribution in [3.05, 3.63) is 77.4 Å². The molecular formula is C24H22FN7O. The number of nitriles is 1. The van der Waals surface area contributed by atoms with Gasteiger partial charge in [-0.1, -0.05) is 24.3 Å². The van der Waals surface area contributed by atoms with Gasteiger partial charge in [0, 0.05) is 54.9 Å². The quantitative estimate of drug-likeness (QED) is 0.476. The minimum Gasteiger partial charge on any atom is -0.380 e. The standard InChI is InChI=1S/C24H22FN7O/c25-19-5-2-1-4-17(19)13-28-21-10-23(29-14-18(21)12-27)31-22-7-3-6-20(30-22)24(33)32-9-8-16(11-26)15-32/h1-7,10,12,14,16,27H,8-9,13,15H2,(H2,28,29,30,31). The van der Waals surface area contributed by atoms with Crippen molar-refractivity contribution in [1.29, 1.82) is 10.7 Å². The van der Waals surface area contributed by atoms with Gasteiger partial charge < -0.3 is 20.9 Å². The molecule has 3 aromatic rings. The molecule has 9 heteroatoms. The number of pyridine rings is 2. The van der Waals surface area contributed by atoms with E-state index in [1.807, 2.05) is 0 Å². The van der Waals surface area contributed by atoms with Gasteiger partial charge in [-0.2, -0.15) is 5.26 Å². The SMILES string of the molecule is N#CC1CCN(C(=O)c2cccc(Nc3cc(NCc4ccccc4F)c(C=N)cn3)n2)C1. The van der Waals surface area contributed by atoms with Gasteiger partial charge in [0.25, 0.3) is 5.91 Å². The average Bonchev–Trinajstić information content (AvgIpc) is 3.33. The van der Waals surface area contributed by atoms with Crippen molar-refractivity contribution >= 4 is 29.4 Å². The van der Waals surface area contributed by atoms with Gasteiger partial charge >= 0.3 is 0 Å². The number of nitrogens with zero attached hydrogens (tertiary/aromatic N) is 4. The molecule has 1 unspecified atom stereocenters. The maximum absolute atomic E-state index is 13.9. The van der Waals surface area contributed by atoms with E-state index in [0.29, 0.717) is 48.0 Å². The zero-order valence-corrected chi connectivity index (χ0v) is 17.8. The summed E-state index contributed by atoms with van der Waals surface area (Å²) in [6.07, 6.45) is 3.37. The Labute approximate surface area is 190 Å². The number of halogens is 1.